The lowest BCUT2D eigenvalue weighted by atomic mass is 10.1. The van der Waals surface area contributed by atoms with Crippen LogP contribution in [0.4, 0.5) is 5.69 Å². The molecule has 178 valence electrons. The molecule has 0 spiro atoms. The number of carbonyl (C=O) groups is 1. The molecule has 1 fully saturated rings. The third-order valence-corrected chi connectivity index (χ3v) is 8.19. The Hall–Kier alpha value is -2.87. The van der Waals surface area contributed by atoms with E-state index in [9.17, 15) is 13.2 Å². The fourth-order valence-electron chi connectivity index (χ4n) is 3.96. The van der Waals surface area contributed by atoms with Gasteiger partial charge in [0.25, 0.3) is 15.9 Å². The fraction of sp³-hybridized carbons (Fsp3) is 0.269. The van der Waals surface area contributed by atoms with Gasteiger partial charge in [-0.3, -0.25) is 14.0 Å². The smallest absolute Gasteiger partial charge is 0.264 e. The maximum Gasteiger partial charge on any atom is 0.264 e. The van der Waals surface area contributed by atoms with Crippen molar-refractivity contribution in [1.82, 2.24) is 9.80 Å². The van der Waals surface area contributed by atoms with E-state index in [0.717, 1.165) is 30.2 Å². The van der Waals surface area contributed by atoms with Crippen molar-refractivity contribution in [2.24, 2.45) is 0 Å². The van der Waals surface area contributed by atoms with Crippen LogP contribution in [0, 0.1) is 6.92 Å². The molecule has 0 aliphatic carbocycles. The van der Waals surface area contributed by atoms with Gasteiger partial charge in [0.15, 0.2) is 0 Å². The van der Waals surface area contributed by atoms with Crippen molar-refractivity contribution in [3.8, 4) is 0 Å². The van der Waals surface area contributed by atoms with E-state index in [0.29, 0.717) is 24.3 Å². The van der Waals surface area contributed by atoms with E-state index in [2.05, 4.69) is 4.90 Å². The van der Waals surface area contributed by atoms with Gasteiger partial charge in [-0.2, -0.15) is 0 Å². The summed E-state index contributed by atoms with van der Waals surface area (Å²) in [4.78, 5) is 17.4. The predicted octanol–water partition coefficient (Wildman–Crippen LogP) is 4.43. The first-order chi connectivity index (χ1) is 16.2. The molecule has 1 heterocycles. The molecule has 1 saturated heterocycles. The number of halogens is 1. The molecule has 1 amide bonds. The summed E-state index contributed by atoms with van der Waals surface area (Å²) in [5, 5.41) is 0.726. The van der Waals surface area contributed by atoms with E-state index in [1.807, 2.05) is 36.1 Å². The molecular formula is C26H28ClN3O3S. The minimum Gasteiger partial charge on any atom is -0.336 e. The molecule has 1 aliphatic heterocycles. The van der Waals surface area contributed by atoms with Crippen molar-refractivity contribution in [1.29, 1.82) is 0 Å². The molecule has 0 N–H and O–H groups in total. The van der Waals surface area contributed by atoms with Crippen LogP contribution in [0.15, 0.2) is 77.7 Å². The minimum absolute atomic E-state index is 0.0401. The summed E-state index contributed by atoms with van der Waals surface area (Å²) in [5.74, 6) is -0.0401. The Balaban J connectivity index is 1.36. The average molecular weight is 498 g/mol. The van der Waals surface area contributed by atoms with Crippen LogP contribution in [0.2, 0.25) is 5.02 Å². The highest BCUT2D eigenvalue weighted by molar-refractivity contribution is 7.92. The normalized spacial score (nSPS) is 14.7. The number of anilines is 1. The van der Waals surface area contributed by atoms with E-state index in [4.69, 9.17) is 11.6 Å². The molecule has 0 aromatic heterocycles. The van der Waals surface area contributed by atoms with E-state index in [1.165, 1.54) is 16.9 Å². The number of sulfonamides is 1. The highest BCUT2D eigenvalue weighted by Gasteiger charge is 2.24. The van der Waals surface area contributed by atoms with E-state index in [1.54, 1.807) is 48.5 Å². The molecule has 3 aromatic rings. The van der Waals surface area contributed by atoms with Gasteiger partial charge in [0, 0.05) is 50.4 Å². The lowest BCUT2D eigenvalue weighted by Crippen LogP contribution is -2.48. The van der Waals surface area contributed by atoms with Gasteiger partial charge in [-0.1, -0.05) is 41.4 Å². The van der Waals surface area contributed by atoms with Crippen molar-refractivity contribution in [3.05, 3.63) is 94.5 Å². The first-order valence-electron chi connectivity index (χ1n) is 11.2. The SMILES string of the molecule is Cc1ccc(S(=O)(=O)N(C)c2ccc(C(=O)N3CCN(Cc4ccc(Cl)cc4)CC3)cc2)cc1. The van der Waals surface area contributed by atoms with Gasteiger partial charge in [0.2, 0.25) is 0 Å². The van der Waals surface area contributed by atoms with Crippen LogP contribution in [0.5, 0.6) is 0 Å². The van der Waals surface area contributed by atoms with Crippen molar-refractivity contribution in [2.45, 2.75) is 18.4 Å². The number of amides is 1. The highest BCUT2D eigenvalue weighted by Crippen LogP contribution is 2.23. The summed E-state index contributed by atoms with van der Waals surface area (Å²) in [5.41, 5.74) is 3.25. The van der Waals surface area contributed by atoms with Gasteiger partial charge in [0.05, 0.1) is 10.6 Å². The van der Waals surface area contributed by atoms with Crippen LogP contribution < -0.4 is 4.31 Å². The lowest BCUT2D eigenvalue weighted by Gasteiger charge is -2.34. The summed E-state index contributed by atoms with van der Waals surface area (Å²) < 4.78 is 27.1. The van der Waals surface area contributed by atoms with Gasteiger partial charge in [-0.15, -0.1) is 0 Å². The maximum absolute atomic E-state index is 13.0. The molecule has 4 rings (SSSR count). The van der Waals surface area contributed by atoms with Gasteiger partial charge in [0.1, 0.15) is 0 Å². The van der Waals surface area contributed by atoms with Gasteiger partial charge in [-0.05, 0) is 61.0 Å². The Morgan fingerprint density at radius 3 is 2.06 bits per heavy atom. The number of aryl methyl sites for hydroxylation is 1. The Morgan fingerprint density at radius 1 is 0.882 bits per heavy atom. The Kier molecular flexibility index (Phi) is 7.26. The Labute approximate surface area is 206 Å². The summed E-state index contributed by atoms with van der Waals surface area (Å²) >= 11 is 5.96. The van der Waals surface area contributed by atoms with E-state index < -0.39 is 10.0 Å². The minimum atomic E-state index is -3.67. The first kappa shape index (κ1) is 24.3. The zero-order valence-corrected chi connectivity index (χ0v) is 20.9. The summed E-state index contributed by atoms with van der Waals surface area (Å²) in [6.45, 7) is 5.63. The monoisotopic (exact) mass is 497 g/mol. The molecule has 34 heavy (non-hydrogen) atoms. The van der Waals surface area contributed by atoms with Gasteiger partial charge in [-0.25, -0.2) is 8.42 Å². The highest BCUT2D eigenvalue weighted by atomic mass is 35.5. The zero-order chi connectivity index (χ0) is 24.3. The number of nitrogens with zero attached hydrogens (tertiary/aromatic N) is 3. The van der Waals surface area contributed by atoms with Crippen LogP contribution in [0.1, 0.15) is 21.5 Å². The summed E-state index contributed by atoms with van der Waals surface area (Å²) in [6, 6.07) is 21.3. The number of rotatable bonds is 6. The number of piperazine rings is 1. The maximum atomic E-state index is 13.0. The molecule has 8 heteroatoms. The number of hydrogen-bond donors (Lipinski definition) is 0. The topological polar surface area (TPSA) is 60.9 Å². The number of benzene rings is 3. The summed E-state index contributed by atoms with van der Waals surface area (Å²) in [7, 11) is -2.15. The molecule has 3 aromatic carbocycles. The molecular weight excluding hydrogens is 470 g/mol. The van der Waals surface area contributed by atoms with Crippen molar-refractivity contribution >= 4 is 33.2 Å². The molecule has 0 unspecified atom stereocenters. The van der Waals surface area contributed by atoms with Crippen molar-refractivity contribution < 1.29 is 13.2 Å². The second-order valence-corrected chi connectivity index (χ2v) is 10.9. The van der Waals surface area contributed by atoms with Gasteiger partial charge < -0.3 is 4.90 Å². The summed E-state index contributed by atoms with van der Waals surface area (Å²) in [6.07, 6.45) is 0. The van der Waals surface area contributed by atoms with Crippen LogP contribution in [-0.2, 0) is 16.6 Å². The second kappa shape index (κ2) is 10.2. The average Bonchev–Trinajstić information content (AvgIpc) is 2.85. The van der Waals surface area contributed by atoms with Crippen LogP contribution >= 0.6 is 11.6 Å². The number of hydrogen-bond acceptors (Lipinski definition) is 4. The number of carbonyl (C=O) groups excluding carboxylic acids is 1. The lowest BCUT2D eigenvalue weighted by molar-refractivity contribution is 0.0628. The Morgan fingerprint density at radius 2 is 1.47 bits per heavy atom. The third kappa shape index (κ3) is 5.43. The first-order valence-corrected chi connectivity index (χ1v) is 13.0. The standard InChI is InChI=1S/C26H28ClN3O3S/c1-20-3-13-25(14-4-20)34(32,33)28(2)24-11-7-22(8-12-24)26(31)30-17-15-29(16-18-30)19-21-5-9-23(27)10-6-21/h3-14H,15-19H2,1-2H3. The zero-order valence-electron chi connectivity index (χ0n) is 19.3. The van der Waals surface area contributed by atoms with Crippen molar-refractivity contribution in [3.63, 3.8) is 0 Å². The van der Waals surface area contributed by atoms with Crippen LogP contribution in [0.3, 0.4) is 0 Å². The predicted molar refractivity (Wildman–Crippen MR) is 136 cm³/mol. The molecule has 0 bridgehead atoms. The second-order valence-electron chi connectivity index (χ2n) is 8.53. The van der Waals surface area contributed by atoms with Crippen LogP contribution in [-0.4, -0.2) is 57.4 Å². The molecule has 0 atom stereocenters. The molecule has 0 saturated carbocycles. The van der Waals surface area contributed by atoms with Crippen molar-refractivity contribution in [2.75, 3.05) is 37.5 Å². The molecule has 0 radical (unpaired) electrons. The molecule has 1 aliphatic rings. The fourth-order valence-corrected chi connectivity index (χ4v) is 5.28. The quantitative estimate of drug-likeness (QED) is 0.505. The van der Waals surface area contributed by atoms with Gasteiger partial charge >= 0.3 is 0 Å². The van der Waals surface area contributed by atoms with Crippen LogP contribution in [0.25, 0.3) is 0 Å². The largest absolute Gasteiger partial charge is 0.336 e. The van der Waals surface area contributed by atoms with E-state index >= 15 is 0 Å². The molecule has 6 nitrogen and oxygen atoms in total. The third-order valence-electron chi connectivity index (χ3n) is 6.14. The van der Waals surface area contributed by atoms with E-state index in [-0.39, 0.29) is 10.8 Å². The Bertz CT molecular complexity index is 1240.